The monoisotopic (exact) mass is 289 g/mol. The van der Waals surface area contributed by atoms with Crippen LogP contribution in [0.4, 0.5) is 0 Å². The molecule has 0 saturated heterocycles. The Morgan fingerprint density at radius 2 is 2.20 bits per heavy atom. The number of halogens is 2. The molecule has 2 nitrogen and oxygen atoms in total. The van der Waals surface area contributed by atoms with Crippen molar-refractivity contribution >= 4 is 33.4 Å². The number of amides is 1. The van der Waals surface area contributed by atoms with Crippen molar-refractivity contribution in [1.82, 2.24) is 5.32 Å². The van der Waals surface area contributed by atoms with Gasteiger partial charge in [0.25, 0.3) is 0 Å². The van der Waals surface area contributed by atoms with E-state index in [2.05, 4.69) is 21.2 Å². The molecule has 0 fully saturated rings. The first-order valence-corrected chi connectivity index (χ1v) is 6.09. The normalized spacial score (nSPS) is 12.2. The fourth-order valence-corrected chi connectivity index (χ4v) is 1.48. The molecule has 1 rings (SSSR count). The van der Waals surface area contributed by atoms with E-state index in [-0.39, 0.29) is 10.7 Å². The van der Waals surface area contributed by atoms with Crippen LogP contribution in [0.25, 0.3) is 0 Å². The molecule has 1 aromatic carbocycles. The summed E-state index contributed by atoms with van der Waals surface area (Å²) in [5.74, 6) is -0.00239. The smallest absolute Gasteiger partial charge is 0.234 e. The van der Waals surface area contributed by atoms with Gasteiger partial charge in [0.05, 0.1) is 4.83 Å². The van der Waals surface area contributed by atoms with Crippen molar-refractivity contribution in [2.75, 3.05) is 0 Å². The van der Waals surface area contributed by atoms with Crippen molar-refractivity contribution in [3.8, 4) is 0 Å². The second kappa shape index (κ2) is 6.13. The van der Waals surface area contributed by atoms with E-state index in [0.717, 1.165) is 12.0 Å². The molecular formula is C11H13BrClNO. The fraction of sp³-hybridized carbons (Fsp3) is 0.364. The lowest BCUT2D eigenvalue weighted by atomic mass is 10.2. The maximum Gasteiger partial charge on any atom is 0.234 e. The third kappa shape index (κ3) is 3.84. The summed E-state index contributed by atoms with van der Waals surface area (Å²) >= 11 is 9.25. The zero-order valence-electron chi connectivity index (χ0n) is 8.47. The third-order valence-corrected chi connectivity index (χ3v) is 3.49. The van der Waals surface area contributed by atoms with Gasteiger partial charge in [0.1, 0.15) is 0 Å². The third-order valence-electron chi connectivity index (χ3n) is 2.05. The summed E-state index contributed by atoms with van der Waals surface area (Å²) in [5.41, 5.74) is 0.934. The molecule has 1 aromatic rings. The maximum atomic E-state index is 11.5. The SMILES string of the molecule is CC[C@H](Br)C(=O)NCc1ccccc1Cl. The van der Waals surface area contributed by atoms with E-state index in [4.69, 9.17) is 11.6 Å². The average Bonchev–Trinajstić information content (AvgIpc) is 2.26. The van der Waals surface area contributed by atoms with E-state index in [0.29, 0.717) is 11.6 Å². The molecule has 0 aliphatic rings. The first-order valence-electron chi connectivity index (χ1n) is 4.80. The number of benzene rings is 1. The fourth-order valence-electron chi connectivity index (χ4n) is 1.12. The highest BCUT2D eigenvalue weighted by atomic mass is 79.9. The summed E-state index contributed by atoms with van der Waals surface area (Å²) in [6.07, 6.45) is 0.772. The quantitative estimate of drug-likeness (QED) is 0.848. The lowest BCUT2D eigenvalue weighted by Gasteiger charge is -2.09. The number of alkyl halides is 1. The van der Waals surface area contributed by atoms with Gasteiger partial charge in [-0.2, -0.15) is 0 Å². The standard InChI is InChI=1S/C11H13BrClNO/c1-2-9(12)11(15)14-7-8-5-3-4-6-10(8)13/h3-6,9H,2,7H2,1H3,(H,14,15)/t9-/m0/s1. The molecule has 0 aliphatic heterocycles. The van der Waals surface area contributed by atoms with Gasteiger partial charge >= 0.3 is 0 Å². The minimum Gasteiger partial charge on any atom is -0.351 e. The number of hydrogen-bond acceptors (Lipinski definition) is 1. The number of hydrogen-bond donors (Lipinski definition) is 1. The number of carbonyl (C=O) groups excluding carboxylic acids is 1. The summed E-state index contributed by atoms with van der Waals surface area (Å²) in [4.78, 5) is 11.3. The van der Waals surface area contributed by atoms with Crippen LogP contribution in [0, 0.1) is 0 Å². The van der Waals surface area contributed by atoms with Gasteiger partial charge in [-0.1, -0.05) is 52.7 Å². The molecule has 0 aliphatic carbocycles. The van der Waals surface area contributed by atoms with Gasteiger partial charge in [-0.05, 0) is 18.1 Å². The van der Waals surface area contributed by atoms with Crippen LogP contribution in [-0.4, -0.2) is 10.7 Å². The predicted octanol–water partition coefficient (Wildman–Crippen LogP) is 3.13. The molecule has 0 radical (unpaired) electrons. The average molecular weight is 291 g/mol. The molecule has 82 valence electrons. The lowest BCUT2D eigenvalue weighted by Crippen LogP contribution is -2.30. The Kier molecular flexibility index (Phi) is 5.12. The molecule has 0 saturated carbocycles. The summed E-state index contributed by atoms with van der Waals surface area (Å²) < 4.78 is 0. The molecule has 1 atom stereocenters. The van der Waals surface area contributed by atoms with Crippen LogP contribution >= 0.6 is 27.5 Å². The second-order valence-electron chi connectivity index (χ2n) is 3.18. The maximum absolute atomic E-state index is 11.5. The van der Waals surface area contributed by atoms with Gasteiger partial charge in [0.2, 0.25) is 5.91 Å². The van der Waals surface area contributed by atoms with Crippen LogP contribution in [0.3, 0.4) is 0 Å². The Morgan fingerprint density at radius 3 is 2.80 bits per heavy atom. The van der Waals surface area contributed by atoms with Gasteiger partial charge in [-0.15, -0.1) is 0 Å². The second-order valence-corrected chi connectivity index (χ2v) is 4.70. The van der Waals surface area contributed by atoms with Gasteiger partial charge in [0, 0.05) is 11.6 Å². The first kappa shape index (κ1) is 12.5. The minimum absolute atomic E-state index is 0.00239. The highest BCUT2D eigenvalue weighted by Gasteiger charge is 2.11. The van der Waals surface area contributed by atoms with Crippen molar-refractivity contribution in [3.63, 3.8) is 0 Å². The largest absolute Gasteiger partial charge is 0.351 e. The molecule has 0 aromatic heterocycles. The molecule has 15 heavy (non-hydrogen) atoms. The number of carbonyl (C=O) groups is 1. The molecular weight excluding hydrogens is 277 g/mol. The minimum atomic E-state index is -0.125. The Morgan fingerprint density at radius 1 is 1.53 bits per heavy atom. The summed E-state index contributed by atoms with van der Waals surface area (Å²) in [5, 5.41) is 3.50. The van der Waals surface area contributed by atoms with Crippen LogP contribution in [0.15, 0.2) is 24.3 Å². The van der Waals surface area contributed by atoms with Crippen molar-refractivity contribution in [2.24, 2.45) is 0 Å². The topological polar surface area (TPSA) is 29.1 Å². The van der Waals surface area contributed by atoms with Gasteiger partial charge in [0.15, 0.2) is 0 Å². The van der Waals surface area contributed by atoms with E-state index in [1.165, 1.54) is 0 Å². The summed E-state index contributed by atoms with van der Waals surface area (Å²) in [7, 11) is 0. The van der Waals surface area contributed by atoms with Crippen molar-refractivity contribution in [3.05, 3.63) is 34.9 Å². The highest BCUT2D eigenvalue weighted by molar-refractivity contribution is 9.10. The van der Waals surface area contributed by atoms with Crippen molar-refractivity contribution < 1.29 is 4.79 Å². The van der Waals surface area contributed by atoms with Gasteiger partial charge < -0.3 is 5.32 Å². The van der Waals surface area contributed by atoms with E-state index in [9.17, 15) is 4.79 Å². The zero-order valence-corrected chi connectivity index (χ0v) is 10.8. The van der Waals surface area contributed by atoms with Crippen LogP contribution in [0.2, 0.25) is 5.02 Å². The lowest BCUT2D eigenvalue weighted by molar-refractivity contribution is -0.120. The van der Waals surface area contributed by atoms with Crippen molar-refractivity contribution in [2.45, 2.75) is 24.7 Å². The summed E-state index contributed by atoms with van der Waals surface area (Å²) in [6.45, 7) is 2.43. The van der Waals surface area contributed by atoms with Crippen LogP contribution < -0.4 is 5.32 Å². The van der Waals surface area contributed by atoms with Crippen molar-refractivity contribution in [1.29, 1.82) is 0 Å². The van der Waals surface area contributed by atoms with Crippen LogP contribution in [0.1, 0.15) is 18.9 Å². The predicted molar refractivity (Wildman–Crippen MR) is 66.3 cm³/mol. The Hall–Kier alpha value is -0.540. The van der Waals surface area contributed by atoms with E-state index >= 15 is 0 Å². The molecule has 1 N–H and O–H groups in total. The van der Waals surface area contributed by atoms with Crippen LogP contribution in [0.5, 0.6) is 0 Å². The van der Waals surface area contributed by atoms with Gasteiger partial charge in [-0.3, -0.25) is 4.79 Å². The van der Waals surface area contributed by atoms with Gasteiger partial charge in [-0.25, -0.2) is 0 Å². The molecule has 0 spiro atoms. The Labute approximate surface area is 103 Å². The molecule has 0 unspecified atom stereocenters. The van der Waals surface area contributed by atoms with E-state index in [1.54, 1.807) is 0 Å². The van der Waals surface area contributed by atoms with E-state index in [1.807, 2.05) is 31.2 Å². The zero-order chi connectivity index (χ0) is 11.3. The molecule has 4 heteroatoms. The molecule has 0 bridgehead atoms. The number of nitrogens with one attached hydrogen (secondary N) is 1. The molecule has 0 heterocycles. The molecule has 1 amide bonds. The first-order chi connectivity index (χ1) is 7.15. The van der Waals surface area contributed by atoms with E-state index < -0.39 is 0 Å². The Balaban J connectivity index is 2.51. The Bertz CT molecular complexity index is 343. The highest BCUT2D eigenvalue weighted by Crippen LogP contribution is 2.14. The van der Waals surface area contributed by atoms with Crippen LogP contribution in [-0.2, 0) is 11.3 Å². The summed E-state index contributed by atoms with van der Waals surface area (Å²) in [6, 6.07) is 7.48. The number of rotatable bonds is 4.